The number of nitrogens with two attached hydrogens (primary N) is 1. The second kappa shape index (κ2) is 6.15. The smallest absolute Gasteiger partial charge is 0.302 e. The second-order valence-electron chi connectivity index (χ2n) is 4.89. The molecule has 2 unspecified atom stereocenters. The Bertz CT molecular complexity index is 319. The molecule has 1 amide bonds. The van der Waals surface area contributed by atoms with Crippen molar-refractivity contribution in [2.45, 2.75) is 46.1 Å². The number of carbonyl (C=O) groups is 2. The van der Waals surface area contributed by atoms with Crippen molar-refractivity contribution in [2.75, 3.05) is 6.61 Å². The average molecular weight is 258 g/mol. The minimum absolute atomic E-state index is 0.128. The highest BCUT2D eigenvalue weighted by Crippen LogP contribution is 2.29. The van der Waals surface area contributed by atoms with E-state index in [9.17, 15) is 9.59 Å². The third-order valence-electron chi connectivity index (χ3n) is 3.49. The summed E-state index contributed by atoms with van der Waals surface area (Å²) < 4.78 is 10.6. The van der Waals surface area contributed by atoms with Crippen LogP contribution in [0.25, 0.3) is 0 Å². The molecule has 6 nitrogen and oxygen atoms in total. The summed E-state index contributed by atoms with van der Waals surface area (Å²) >= 11 is 0. The summed E-state index contributed by atoms with van der Waals surface area (Å²) in [5, 5.41) is 2.80. The van der Waals surface area contributed by atoms with Crippen LogP contribution in [0.4, 0.5) is 0 Å². The van der Waals surface area contributed by atoms with Crippen LogP contribution in [-0.4, -0.2) is 36.9 Å². The van der Waals surface area contributed by atoms with Crippen LogP contribution in [0.5, 0.6) is 0 Å². The average Bonchev–Trinajstić information content (AvgIpc) is 2.27. The Hall–Kier alpha value is -1.14. The summed E-state index contributed by atoms with van der Waals surface area (Å²) in [6, 6.07) is -0.217. The number of amides is 1. The third kappa shape index (κ3) is 3.68. The lowest BCUT2D eigenvalue weighted by Gasteiger charge is -2.43. The van der Waals surface area contributed by atoms with Gasteiger partial charge in [-0.3, -0.25) is 9.59 Å². The predicted octanol–water partition coefficient (Wildman–Crippen LogP) is 0.0100. The molecule has 0 radical (unpaired) electrons. The number of rotatable bonds is 3. The molecule has 1 aliphatic heterocycles. The Morgan fingerprint density at radius 2 is 1.89 bits per heavy atom. The van der Waals surface area contributed by atoms with Crippen LogP contribution in [0.3, 0.4) is 0 Å². The zero-order valence-electron chi connectivity index (χ0n) is 11.3. The molecule has 0 saturated carbocycles. The topological polar surface area (TPSA) is 90.7 Å². The minimum Gasteiger partial charge on any atom is -0.463 e. The standard InChI is InChI=1S/C12H22N2O4/c1-6-7(2)11(14-8(3)15)12(13)18-10(6)5-17-9(4)16/h6-7,10-12H,5,13H2,1-4H3,(H,14,15)/t6-,7-,10?,11?,12+/m0/s1. The van der Waals surface area contributed by atoms with Crippen molar-refractivity contribution in [1.82, 2.24) is 5.32 Å². The van der Waals surface area contributed by atoms with Gasteiger partial charge in [0.1, 0.15) is 12.8 Å². The lowest BCUT2D eigenvalue weighted by Crippen LogP contribution is -2.60. The molecule has 0 bridgehead atoms. The maximum absolute atomic E-state index is 11.1. The molecule has 1 heterocycles. The van der Waals surface area contributed by atoms with Crippen LogP contribution in [0.15, 0.2) is 0 Å². The van der Waals surface area contributed by atoms with Crippen molar-refractivity contribution in [2.24, 2.45) is 17.6 Å². The highest BCUT2D eigenvalue weighted by Gasteiger charge is 2.40. The van der Waals surface area contributed by atoms with Crippen LogP contribution < -0.4 is 11.1 Å². The zero-order valence-corrected chi connectivity index (χ0v) is 11.3. The van der Waals surface area contributed by atoms with Gasteiger partial charge in [-0.05, 0) is 11.8 Å². The normalized spacial score (nSPS) is 35.9. The fraction of sp³-hybridized carbons (Fsp3) is 0.833. The molecule has 1 fully saturated rings. The molecule has 0 spiro atoms. The molecule has 1 aliphatic rings. The van der Waals surface area contributed by atoms with Crippen molar-refractivity contribution in [3.8, 4) is 0 Å². The monoisotopic (exact) mass is 258 g/mol. The summed E-state index contributed by atoms with van der Waals surface area (Å²) in [6.45, 7) is 7.02. The number of nitrogens with one attached hydrogen (secondary N) is 1. The maximum atomic E-state index is 11.1. The van der Waals surface area contributed by atoms with E-state index in [1.807, 2.05) is 13.8 Å². The van der Waals surface area contributed by atoms with Gasteiger partial charge in [-0.1, -0.05) is 13.8 Å². The quantitative estimate of drug-likeness (QED) is 0.696. The summed E-state index contributed by atoms with van der Waals surface area (Å²) in [7, 11) is 0. The SMILES string of the molecule is CC(=O)NC1[C@H](N)OC(COC(C)=O)[C@@H](C)[C@@H]1C. The van der Waals surface area contributed by atoms with Gasteiger partial charge in [0.15, 0.2) is 0 Å². The molecule has 0 aromatic heterocycles. The molecular weight excluding hydrogens is 236 g/mol. The molecule has 1 saturated heterocycles. The first-order chi connectivity index (χ1) is 8.32. The van der Waals surface area contributed by atoms with E-state index in [0.29, 0.717) is 0 Å². The summed E-state index contributed by atoms with van der Waals surface area (Å²) in [5.41, 5.74) is 5.90. The molecular formula is C12H22N2O4. The van der Waals surface area contributed by atoms with Crippen LogP contribution in [-0.2, 0) is 19.1 Å². The van der Waals surface area contributed by atoms with E-state index < -0.39 is 6.23 Å². The molecule has 104 valence electrons. The van der Waals surface area contributed by atoms with Gasteiger partial charge in [0, 0.05) is 13.8 Å². The van der Waals surface area contributed by atoms with Gasteiger partial charge in [-0.15, -0.1) is 0 Å². The van der Waals surface area contributed by atoms with Crippen molar-refractivity contribution in [3.05, 3.63) is 0 Å². The van der Waals surface area contributed by atoms with Crippen molar-refractivity contribution in [3.63, 3.8) is 0 Å². The Morgan fingerprint density at radius 3 is 2.39 bits per heavy atom. The Labute approximate surface area is 107 Å². The molecule has 0 aromatic rings. The Kier molecular flexibility index (Phi) is 5.10. The first-order valence-corrected chi connectivity index (χ1v) is 6.14. The molecule has 0 aromatic carbocycles. The first kappa shape index (κ1) is 14.9. The van der Waals surface area contributed by atoms with Crippen LogP contribution >= 0.6 is 0 Å². The van der Waals surface area contributed by atoms with Gasteiger partial charge in [0.05, 0.1) is 12.1 Å². The number of hydrogen-bond acceptors (Lipinski definition) is 5. The summed E-state index contributed by atoms with van der Waals surface area (Å²) in [4.78, 5) is 21.9. The van der Waals surface area contributed by atoms with E-state index in [4.69, 9.17) is 15.2 Å². The fourth-order valence-electron chi connectivity index (χ4n) is 2.21. The number of esters is 1. The summed E-state index contributed by atoms with van der Waals surface area (Å²) in [6.07, 6.45) is -0.815. The highest BCUT2D eigenvalue weighted by molar-refractivity contribution is 5.73. The lowest BCUT2D eigenvalue weighted by molar-refractivity contribution is -0.163. The van der Waals surface area contributed by atoms with E-state index in [2.05, 4.69) is 5.32 Å². The minimum atomic E-state index is -0.583. The highest BCUT2D eigenvalue weighted by atomic mass is 16.6. The largest absolute Gasteiger partial charge is 0.463 e. The second-order valence-corrected chi connectivity index (χ2v) is 4.89. The predicted molar refractivity (Wildman–Crippen MR) is 65.4 cm³/mol. The number of hydrogen-bond donors (Lipinski definition) is 2. The summed E-state index contributed by atoms with van der Waals surface area (Å²) in [5.74, 6) is -0.174. The number of carbonyl (C=O) groups excluding carboxylic acids is 2. The molecule has 6 heteroatoms. The zero-order chi connectivity index (χ0) is 13.9. The van der Waals surface area contributed by atoms with E-state index in [0.717, 1.165) is 0 Å². The van der Waals surface area contributed by atoms with E-state index in [1.54, 1.807) is 0 Å². The van der Waals surface area contributed by atoms with Gasteiger partial charge < -0.3 is 20.5 Å². The Morgan fingerprint density at radius 1 is 1.28 bits per heavy atom. The fourth-order valence-corrected chi connectivity index (χ4v) is 2.21. The van der Waals surface area contributed by atoms with Gasteiger partial charge in [0.25, 0.3) is 0 Å². The van der Waals surface area contributed by atoms with Gasteiger partial charge in [-0.2, -0.15) is 0 Å². The van der Waals surface area contributed by atoms with Crippen LogP contribution in [0.2, 0.25) is 0 Å². The third-order valence-corrected chi connectivity index (χ3v) is 3.49. The van der Waals surface area contributed by atoms with Gasteiger partial charge >= 0.3 is 5.97 Å². The molecule has 5 atom stereocenters. The number of ether oxygens (including phenoxy) is 2. The van der Waals surface area contributed by atoms with E-state index >= 15 is 0 Å². The maximum Gasteiger partial charge on any atom is 0.302 e. The molecule has 18 heavy (non-hydrogen) atoms. The Balaban J connectivity index is 2.64. The molecule has 3 N–H and O–H groups in total. The van der Waals surface area contributed by atoms with E-state index in [-0.39, 0.29) is 42.5 Å². The first-order valence-electron chi connectivity index (χ1n) is 6.14. The van der Waals surface area contributed by atoms with Gasteiger partial charge in [0.2, 0.25) is 5.91 Å². The van der Waals surface area contributed by atoms with Crippen molar-refractivity contribution >= 4 is 11.9 Å². The van der Waals surface area contributed by atoms with E-state index in [1.165, 1.54) is 13.8 Å². The van der Waals surface area contributed by atoms with Gasteiger partial charge in [-0.25, -0.2) is 0 Å². The lowest BCUT2D eigenvalue weighted by atomic mass is 9.82. The molecule has 0 aliphatic carbocycles. The van der Waals surface area contributed by atoms with Crippen molar-refractivity contribution in [1.29, 1.82) is 0 Å². The van der Waals surface area contributed by atoms with Crippen LogP contribution in [0.1, 0.15) is 27.7 Å². The van der Waals surface area contributed by atoms with Crippen LogP contribution in [0, 0.1) is 11.8 Å². The molecule has 1 rings (SSSR count). The van der Waals surface area contributed by atoms with Crippen molar-refractivity contribution < 1.29 is 19.1 Å².